The number of allylic oxidation sites excluding steroid dienone is 4. The van der Waals surface area contributed by atoms with E-state index in [1.165, 1.54) is 61.2 Å². The Labute approximate surface area is 274 Å². The molecule has 0 amide bonds. The van der Waals surface area contributed by atoms with Crippen molar-refractivity contribution in [3.05, 3.63) is 198 Å². The van der Waals surface area contributed by atoms with Gasteiger partial charge in [0.25, 0.3) is 0 Å². The van der Waals surface area contributed by atoms with Crippen LogP contribution in [0.2, 0.25) is 0 Å². The molecule has 1 unspecified atom stereocenters. The van der Waals surface area contributed by atoms with Gasteiger partial charge in [0.15, 0.2) is 0 Å². The molecule has 224 valence electrons. The van der Waals surface area contributed by atoms with Gasteiger partial charge in [0.05, 0.1) is 0 Å². The third-order valence-electron chi connectivity index (χ3n) is 9.46. The third kappa shape index (κ3) is 6.72. The van der Waals surface area contributed by atoms with Gasteiger partial charge in [-0.1, -0.05) is 183 Å². The Hall–Kier alpha value is -5.20. The molecule has 1 aliphatic rings. The Kier molecular flexibility index (Phi) is 8.88. The van der Waals surface area contributed by atoms with Gasteiger partial charge < -0.3 is 0 Å². The molecule has 0 spiro atoms. The van der Waals surface area contributed by atoms with Crippen molar-refractivity contribution in [1.29, 1.82) is 0 Å². The Bertz CT molecular complexity index is 1910. The summed E-state index contributed by atoms with van der Waals surface area (Å²) in [4.78, 5) is 0. The molecule has 0 aliphatic heterocycles. The van der Waals surface area contributed by atoms with Gasteiger partial charge >= 0.3 is 0 Å². The van der Waals surface area contributed by atoms with E-state index < -0.39 is 0 Å². The van der Waals surface area contributed by atoms with Crippen LogP contribution in [0.5, 0.6) is 0 Å². The van der Waals surface area contributed by atoms with Crippen molar-refractivity contribution in [2.24, 2.45) is 0 Å². The Balaban J connectivity index is 1.13. The van der Waals surface area contributed by atoms with Crippen LogP contribution in [0, 0.1) is 0 Å². The van der Waals surface area contributed by atoms with E-state index in [1.807, 2.05) is 0 Å². The molecule has 0 heterocycles. The quantitative estimate of drug-likeness (QED) is 0.157. The average Bonchev–Trinajstić information content (AvgIpc) is 3.15. The van der Waals surface area contributed by atoms with Crippen molar-refractivity contribution in [1.82, 2.24) is 0 Å². The zero-order valence-electron chi connectivity index (χ0n) is 26.5. The predicted molar refractivity (Wildman–Crippen MR) is 197 cm³/mol. The first-order chi connectivity index (χ1) is 22.7. The Morgan fingerprint density at radius 2 is 0.804 bits per heavy atom. The van der Waals surface area contributed by atoms with Crippen molar-refractivity contribution in [3.8, 4) is 33.4 Å². The highest BCUT2D eigenvalue weighted by atomic mass is 14.2. The van der Waals surface area contributed by atoms with Crippen LogP contribution in [0.25, 0.3) is 39.0 Å². The molecule has 6 aromatic rings. The highest BCUT2D eigenvalue weighted by Gasteiger charge is 2.20. The number of rotatable bonds is 9. The lowest BCUT2D eigenvalue weighted by Crippen LogP contribution is -2.07. The summed E-state index contributed by atoms with van der Waals surface area (Å²) >= 11 is 0. The highest BCUT2D eigenvalue weighted by Crippen LogP contribution is 2.37. The van der Waals surface area contributed by atoms with Crippen LogP contribution < -0.4 is 0 Å². The molecule has 46 heavy (non-hydrogen) atoms. The lowest BCUT2D eigenvalue weighted by atomic mass is 9.81. The fraction of sp³-hybridized carbons (Fsp3) is 0.130. The summed E-state index contributed by atoms with van der Waals surface area (Å²) in [6.07, 6.45) is 10.2. The van der Waals surface area contributed by atoms with Gasteiger partial charge in [-0.25, -0.2) is 0 Å². The summed E-state index contributed by atoms with van der Waals surface area (Å²) in [5.41, 5.74) is 14.3. The van der Waals surface area contributed by atoms with Gasteiger partial charge in [0.2, 0.25) is 0 Å². The first-order valence-corrected chi connectivity index (χ1v) is 16.6. The molecule has 0 N–H and O–H groups in total. The molecule has 0 aromatic heterocycles. The highest BCUT2D eigenvalue weighted by molar-refractivity contribution is 5.75. The van der Waals surface area contributed by atoms with Gasteiger partial charge in [0.1, 0.15) is 0 Å². The van der Waals surface area contributed by atoms with Crippen LogP contribution in [-0.4, -0.2) is 0 Å². The van der Waals surface area contributed by atoms with Crippen LogP contribution >= 0.6 is 0 Å². The van der Waals surface area contributed by atoms with E-state index in [2.05, 4.69) is 183 Å². The zero-order chi connectivity index (χ0) is 31.1. The smallest absolute Gasteiger partial charge is 0.00950 e. The molecule has 0 bridgehead atoms. The van der Waals surface area contributed by atoms with Crippen molar-refractivity contribution >= 4 is 5.57 Å². The van der Waals surface area contributed by atoms with Crippen molar-refractivity contribution in [2.45, 2.75) is 38.0 Å². The molecule has 0 fully saturated rings. The van der Waals surface area contributed by atoms with Gasteiger partial charge in [0, 0.05) is 5.92 Å². The van der Waals surface area contributed by atoms with Crippen LogP contribution in [-0.2, 0) is 0 Å². The summed E-state index contributed by atoms with van der Waals surface area (Å²) in [5.74, 6) is 0.701. The van der Waals surface area contributed by atoms with Crippen LogP contribution in [0.4, 0.5) is 0 Å². The second-order valence-electron chi connectivity index (χ2n) is 12.5. The minimum Gasteiger partial charge on any atom is -0.0836 e. The molecule has 7 rings (SSSR count). The zero-order valence-corrected chi connectivity index (χ0v) is 26.5. The summed E-state index contributed by atoms with van der Waals surface area (Å²) in [6, 6.07) is 57.9. The van der Waals surface area contributed by atoms with E-state index in [9.17, 15) is 0 Å². The molecule has 0 heteroatoms. The predicted octanol–water partition coefficient (Wildman–Crippen LogP) is 12.7. The summed E-state index contributed by atoms with van der Waals surface area (Å²) in [6.45, 7) is 2.38. The third-order valence-corrected chi connectivity index (χ3v) is 9.46. The van der Waals surface area contributed by atoms with Crippen molar-refractivity contribution < 1.29 is 0 Å². The van der Waals surface area contributed by atoms with E-state index in [0.29, 0.717) is 11.8 Å². The summed E-state index contributed by atoms with van der Waals surface area (Å²) < 4.78 is 0. The fourth-order valence-electron chi connectivity index (χ4n) is 6.72. The number of benzene rings is 6. The van der Waals surface area contributed by atoms with E-state index >= 15 is 0 Å². The normalized spacial score (nSPS) is 14.0. The average molecular weight is 593 g/mol. The fourth-order valence-corrected chi connectivity index (χ4v) is 6.72. The molecular weight excluding hydrogens is 553 g/mol. The van der Waals surface area contributed by atoms with Crippen LogP contribution in [0.1, 0.15) is 60.3 Å². The van der Waals surface area contributed by atoms with Gasteiger partial charge in [-0.05, 0) is 86.4 Å². The lowest BCUT2D eigenvalue weighted by Gasteiger charge is -2.23. The van der Waals surface area contributed by atoms with E-state index in [1.54, 1.807) is 0 Å². The van der Waals surface area contributed by atoms with Gasteiger partial charge in [-0.2, -0.15) is 0 Å². The maximum absolute atomic E-state index is 2.38. The second-order valence-corrected chi connectivity index (χ2v) is 12.5. The molecule has 0 saturated heterocycles. The van der Waals surface area contributed by atoms with Crippen molar-refractivity contribution in [2.75, 3.05) is 0 Å². The largest absolute Gasteiger partial charge is 0.0836 e. The topological polar surface area (TPSA) is 0 Å². The second kappa shape index (κ2) is 13.8. The molecule has 2 atom stereocenters. The lowest BCUT2D eigenvalue weighted by molar-refractivity contribution is 0.617. The molecule has 0 saturated carbocycles. The summed E-state index contributed by atoms with van der Waals surface area (Å²) in [7, 11) is 0. The Morgan fingerprint density at radius 1 is 0.413 bits per heavy atom. The molecule has 0 radical (unpaired) electrons. The number of hydrogen-bond donors (Lipinski definition) is 0. The standard InChI is InChI=1S/C46H40/c1-34(35-17-19-42(20-18-35)43-23-21-39(22-24-43)36-11-5-2-6-12-36)33-46(44-29-25-40(26-30-44)37-13-7-3-8-14-37)45-31-27-41(28-32-45)38-15-9-4-10-16-38/h2-3,5-9,11-32,34,46H,4,10,33H2,1H3/t34-,46?/m1/s1. The van der Waals surface area contributed by atoms with Crippen LogP contribution in [0.15, 0.2) is 176 Å². The maximum atomic E-state index is 2.38. The monoisotopic (exact) mass is 592 g/mol. The Morgan fingerprint density at radius 3 is 1.24 bits per heavy atom. The minimum atomic E-state index is 0.301. The van der Waals surface area contributed by atoms with E-state index in [0.717, 1.165) is 19.3 Å². The molecule has 6 aromatic carbocycles. The number of hydrogen-bond acceptors (Lipinski definition) is 0. The van der Waals surface area contributed by atoms with Gasteiger partial charge in [-0.15, -0.1) is 0 Å². The molecule has 1 aliphatic carbocycles. The summed E-state index contributed by atoms with van der Waals surface area (Å²) in [5, 5.41) is 0. The first-order valence-electron chi connectivity index (χ1n) is 16.6. The molecule has 0 nitrogen and oxygen atoms in total. The van der Waals surface area contributed by atoms with Crippen LogP contribution in [0.3, 0.4) is 0 Å². The first kappa shape index (κ1) is 29.5. The molecular formula is C46H40. The SMILES string of the molecule is C[C@H](CC(c1ccc(C2=CCCC=C2)cc1)c1ccc(-c2ccccc2)cc1)c1ccc(-c2ccc(-c3ccccc3)cc2)cc1. The van der Waals surface area contributed by atoms with E-state index in [4.69, 9.17) is 0 Å². The maximum Gasteiger partial charge on any atom is 0.00950 e. The van der Waals surface area contributed by atoms with Crippen molar-refractivity contribution in [3.63, 3.8) is 0 Å². The minimum absolute atomic E-state index is 0.301. The van der Waals surface area contributed by atoms with E-state index in [-0.39, 0.29) is 0 Å². The van der Waals surface area contributed by atoms with Gasteiger partial charge in [-0.3, -0.25) is 0 Å².